The molecule has 1 fully saturated rings. The SMILES string of the molecule is Cc1cccc(C=CC2CCCO2)c1. The number of ether oxygens (including phenoxy) is 1. The monoisotopic (exact) mass is 188 g/mol. The van der Waals surface area contributed by atoms with Crippen LogP contribution >= 0.6 is 0 Å². The minimum atomic E-state index is 0.343. The molecule has 1 nitrogen and oxygen atoms in total. The van der Waals surface area contributed by atoms with Crippen LogP contribution in [0.3, 0.4) is 0 Å². The summed E-state index contributed by atoms with van der Waals surface area (Å²) in [6, 6.07) is 8.51. The van der Waals surface area contributed by atoms with E-state index >= 15 is 0 Å². The summed E-state index contributed by atoms with van der Waals surface area (Å²) in [4.78, 5) is 0. The highest BCUT2D eigenvalue weighted by molar-refractivity contribution is 5.50. The lowest BCUT2D eigenvalue weighted by molar-refractivity contribution is 0.146. The first-order valence-corrected chi connectivity index (χ1v) is 5.21. The zero-order valence-corrected chi connectivity index (χ0v) is 8.57. The van der Waals surface area contributed by atoms with Gasteiger partial charge in [0.05, 0.1) is 6.10 Å². The average Bonchev–Trinajstić information content (AvgIpc) is 2.67. The first-order chi connectivity index (χ1) is 6.84. The van der Waals surface area contributed by atoms with E-state index in [1.54, 1.807) is 0 Å². The van der Waals surface area contributed by atoms with Crippen molar-refractivity contribution in [1.29, 1.82) is 0 Å². The normalized spacial score (nSPS) is 21.9. The van der Waals surface area contributed by atoms with Crippen molar-refractivity contribution in [2.45, 2.75) is 25.9 Å². The van der Waals surface area contributed by atoms with E-state index in [-0.39, 0.29) is 0 Å². The Kier molecular flexibility index (Phi) is 3.00. The molecule has 1 heteroatoms. The summed E-state index contributed by atoms with van der Waals surface area (Å²) >= 11 is 0. The third-order valence-corrected chi connectivity index (χ3v) is 2.51. The molecule has 0 N–H and O–H groups in total. The van der Waals surface area contributed by atoms with Crippen molar-refractivity contribution in [1.82, 2.24) is 0 Å². The number of hydrogen-bond acceptors (Lipinski definition) is 1. The van der Waals surface area contributed by atoms with Gasteiger partial charge < -0.3 is 4.74 Å². The summed E-state index contributed by atoms with van der Waals surface area (Å²) in [5.41, 5.74) is 2.57. The largest absolute Gasteiger partial charge is 0.374 e. The fourth-order valence-corrected chi connectivity index (χ4v) is 1.75. The number of aryl methyl sites for hydroxylation is 1. The minimum absolute atomic E-state index is 0.343. The molecule has 2 rings (SSSR count). The van der Waals surface area contributed by atoms with Gasteiger partial charge in [0, 0.05) is 6.61 Å². The fraction of sp³-hybridized carbons (Fsp3) is 0.385. The summed E-state index contributed by atoms with van der Waals surface area (Å²) in [6.45, 7) is 3.03. The van der Waals surface area contributed by atoms with Crippen LogP contribution < -0.4 is 0 Å². The van der Waals surface area contributed by atoms with Crippen molar-refractivity contribution >= 4 is 6.08 Å². The molecule has 1 aliphatic heterocycles. The smallest absolute Gasteiger partial charge is 0.0759 e. The van der Waals surface area contributed by atoms with Crippen molar-refractivity contribution in [3.05, 3.63) is 41.5 Å². The highest BCUT2D eigenvalue weighted by atomic mass is 16.5. The zero-order valence-electron chi connectivity index (χ0n) is 8.57. The topological polar surface area (TPSA) is 9.23 Å². The van der Waals surface area contributed by atoms with Gasteiger partial charge in [0.1, 0.15) is 0 Å². The van der Waals surface area contributed by atoms with Gasteiger partial charge in [-0.1, -0.05) is 42.0 Å². The maximum Gasteiger partial charge on any atom is 0.0759 e. The molecular formula is C13H16O. The maximum absolute atomic E-state index is 5.52. The Morgan fingerprint density at radius 2 is 2.36 bits per heavy atom. The predicted molar refractivity (Wildman–Crippen MR) is 59.2 cm³/mol. The molecule has 1 atom stereocenters. The van der Waals surface area contributed by atoms with E-state index in [0.29, 0.717) is 6.10 Å². The van der Waals surface area contributed by atoms with Gasteiger partial charge in [0.25, 0.3) is 0 Å². The lowest BCUT2D eigenvalue weighted by atomic mass is 10.1. The number of rotatable bonds is 2. The van der Waals surface area contributed by atoms with Crippen LogP contribution in [0.5, 0.6) is 0 Å². The van der Waals surface area contributed by atoms with Gasteiger partial charge in [-0.15, -0.1) is 0 Å². The highest BCUT2D eigenvalue weighted by Crippen LogP contribution is 2.15. The Balaban J connectivity index is 2.02. The van der Waals surface area contributed by atoms with Crippen LogP contribution in [0.1, 0.15) is 24.0 Å². The Bertz CT molecular complexity index is 322. The van der Waals surface area contributed by atoms with Crippen molar-refractivity contribution < 1.29 is 4.74 Å². The molecule has 1 unspecified atom stereocenters. The number of hydrogen-bond donors (Lipinski definition) is 0. The highest BCUT2D eigenvalue weighted by Gasteiger charge is 2.10. The summed E-state index contributed by atoms with van der Waals surface area (Å²) in [7, 11) is 0. The molecule has 0 saturated carbocycles. The van der Waals surface area contributed by atoms with Gasteiger partial charge in [-0.05, 0) is 25.3 Å². The van der Waals surface area contributed by atoms with Gasteiger partial charge in [-0.25, -0.2) is 0 Å². The average molecular weight is 188 g/mol. The van der Waals surface area contributed by atoms with Crippen LogP contribution in [0.2, 0.25) is 0 Å². The molecule has 74 valence electrons. The molecular weight excluding hydrogens is 172 g/mol. The van der Waals surface area contributed by atoms with Gasteiger partial charge >= 0.3 is 0 Å². The van der Waals surface area contributed by atoms with Gasteiger partial charge in [0.15, 0.2) is 0 Å². The minimum Gasteiger partial charge on any atom is -0.374 e. The summed E-state index contributed by atoms with van der Waals surface area (Å²) < 4.78 is 5.52. The van der Waals surface area contributed by atoms with Crippen LogP contribution in [0, 0.1) is 6.92 Å². The predicted octanol–water partition coefficient (Wildman–Crippen LogP) is 3.19. The van der Waals surface area contributed by atoms with Crippen LogP contribution in [0.4, 0.5) is 0 Å². The molecule has 14 heavy (non-hydrogen) atoms. The van der Waals surface area contributed by atoms with Crippen molar-refractivity contribution in [3.8, 4) is 0 Å². The van der Waals surface area contributed by atoms with E-state index in [2.05, 4.69) is 43.3 Å². The van der Waals surface area contributed by atoms with Crippen LogP contribution in [0.15, 0.2) is 30.3 Å². The fourth-order valence-electron chi connectivity index (χ4n) is 1.75. The lowest BCUT2D eigenvalue weighted by Crippen LogP contribution is -1.98. The van der Waals surface area contributed by atoms with Crippen LogP contribution in [-0.4, -0.2) is 12.7 Å². The molecule has 0 radical (unpaired) electrons. The molecule has 1 aliphatic rings. The molecule has 0 amide bonds. The van der Waals surface area contributed by atoms with Gasteiger partial charge in [-0.2, -0.15) is 0 Å². The molecule has 1 heterocycles. The molecule has 0 bridgehead atoms. The van der Waals surface area contributed by atoms with E-state index in [4.69, 9.17) is 4.74 Å². The first-order valence-electron chi connectivity index (χ1n) is 5.21. The van der Waals surface area contributed by atoms with Crippen molar-refractivity contribution in [3.63, 3.8) is 0 Å². The second-order valence-corrected chi connectivity index (χ2v) is 3.82. The quantitative estimate of drug-likeness (QED) is 0.692. The molecule has 0 aromatic heterocycles. The Morgan fingerprint density at radius 1 is 1.43 bits per heavy atom. The molecule has 1 aromatic carbocycles. The Labute approximate surface area is 85.4 Å². The zero-order chi connectivity index (χ0) is 9.80. The van der Waals surface area contributed by atoms with E-state index < -0.39 is 0 Å². The van der Waals surface area contributed by atoms with E-state index in [9.17, 15) is 0 Å². The van der Waals surface area contributed by atoms with E-state index in [1.807, 2.05) is 0 Å². The van der Waals surface area contributed by atoms with E-state index in [1.165, 1.54) is 24.0 Å². The molecule has 1 saturated heterocycles. The molecule has 1 aromatic rings. The van der Waals surface area contributed by atoms with Crippen LogP contribution in [0.25, 0.3) is 6.08 Å². The van der Waals surface area contributed by atoms with E-state index in [0.717, 1.165) is 6.61 Å². The summed E-state index contributed by atoms with van der Waals surface area (Å²) in [6.07, 6.45) is 7.03. The Morgan fingerprint density at radius 3 is 3.07 bits per heavy atom. The van der Waals surface area contributed by atoms with Crippen molar-refractivity contribution in [2.75, 3.05) is 6.61 Å². The standard InChI is InChI=1S/C13H16O/c1-11-4-2-5-12(10-11)7-8-13-6-3-9-14-13/h2,4-5,7-8,10,13H,3,6,9H2,1H3. The van der Waals surface area contributed by atoms with Crippen LogP contribution in [-0.2, 0) is 4.74 Å². The summed E-state index contributed by atoms with van der Waals surface area (Å²) in [5.74, 6) is 0. The van der Waals surface area contributed by atoms with Gasteiger partial charge in [0.2, 0.25) is 0 Å². The second-order valence-electron chi connectivity index (χ2n) is 3.82. The Hall–Kier alpha value is -1.08. The number of benzene rings is 1. The van der Waals surface area contributed by atoms with Crippen molar-refractivity contribution in [2.24, 2.45) is 0 Å². The molecule has 0 aliphatic carbocycles. The third kappa shape index (κ3) is 2.46. The first kappa shape index (κ1) is 9.47. The lowest BCUT2D eigenvalue weighted by Gasteiger charge is -2.01. The molecule has 0 spiro atoms. The maximum atomic E-state index is 5.52. The van der Waals surface area contributed by atoms with Gasteiger partial charge in [-0.3, -0.25) is 0 Å². The second kappa shape index (κ2) is 4.43. The third-order valence-electron chi connectivity index (χ3n) is 2.51. The summed E-state index contributed by atoms with van der Waals surface area (Å²) in [5, 5.41) is 0.